The Kier molecular flexibility index (Phi) is 6.53. The van der Waals surface area contributed by atoms with Gasteiger partial charge in [0.15, 0.2) is 0 Å². The van der Waals surface area contributed by atoms with Crippen molar-refractivity contribution in [1.29, 1.82) is 0 Å². The highest BCUT2D eigenvalue weighted by molar-refractivity contribution is 8.18. The lowest BCUT2D eigenvalue weighted by Crippen LogP contribution is -2.36. The molecular weight excluding hydrogens is 487 g/mol. The second-order valence-corrected chi connectivity index (χ2v) is 8.43. The molecular formula is C23H14ClFN2O6S. The van der Waals surface area contributed by atoms with E-state index in [1.165, 1.54) is 42.5 Å². The van der Waals surface area contributed by atoms with E-state index in [1.807, 2.05) is 0 Å². The fourth-order valence-electron chi connectivity index (χ4n) is 3.07. The monoisotopic (exact) mass is 500 g/mol. The van der Waals surface area contributed by atoms with E-state index in [0.29, 0.717) is 28.8 Å². The van der Waals surface area contributed by atoms with Crippen LogP contribution < -0.4 is 5.32 Å². The van der Waals surface area contributed by atoms with Gasteiger partial charge in [0.1, 0.15) is 23.9 Å². The van der Waals surface area contributed by atoms with E-state index >= 15 is 0 Å². The molecule has 0 saturated carbocycles. The number of nitrogens with one attached hydrogen (secondary N) is 1. The minimum Gasteiger partial charge on any atom is -0.478 e. The SMILES string of the molecule is O=C(CN1C(=O)S/C(=C\c2ccc(-c3ccc(Cl)c(C(=O)O)c3)o2)C1=O)Nc1ccc(F)cc1. The molecule has 1 saturated heterocycles. The van der Waals surface area contributed by atoms with E-state index in [9.17, 15) is 28.7 Å². The topological polar surface area (TPSA) is 117 Å². The summed E-state index contributed by atoms with van der Waals surface area (Å²) in [7, 11) is 0. The van der Waals surface area contributed by atoms with Gasteiger partial charge in [-0.1, -0.05) is 11.6 Å². The number of anilines is 1. The van der Waals surface area contributed by atoms with E-state index in [1.54, 1.807) is 18.2 Å². The Morgan fingerprint density at radius 1 is 1.12 bits per heavy atom. The van der Waals surface area contributed by atoms with Gasteiger partial charge in [0.05, 0.1) is 15.5 Å². The molecule has 2 heterocycles. The standard InChI is InChI=1S/C23H14ClFN2O6S/c24-17-7-1-12(9-16(17)22(30)31)18-8-6-15(33-18)10-19-21(29)27(23(32)34-19)11-20(28)26-14-4-2-13(25)3-5-14/h1-10H,11H2,(H,26,28)(H,30,31)/b19-10-. The Morgan fingerprint density at radius 2 is 1.85 bits per heavy atom. The van der Waals surface area contributed by atoms with Crippen molar-refractivity contribution >= 4 is 58.1 Å². The van der Waals surface area contributed by atoms with Crippen molar-refractivity contribution in [2.75, 3.05) is 11.9 Å². The molecule has 4 rings (SSSR count). The third-order valence-electron chi connectivity index (χ3n) is 4.68. The van der Waals surface area contributed by atoms with Gasteiger partial charge in [-0.15, -0.1) is 0 Å². The van der Waals surface area contributed by atoms with Crippen LogP contribution in [0.25, 0.3) is 17.4 Å². The van der Waals surface area contributed by atoms with Crippen LogP contribution in [0, 0.1) is 5.82 Å². The van der Waals surface area contributed by atoms with Gasteiger partial charge in [-0.3, -0.25) is 19.3 Å². The molecule has 0 bridgehead atoms. The predicted molar refractivity (Wildman–Crippen MR) is 124 cm³/mol. The van der Waals surface area contributed by atoms with Crippen molar-refractivity contribution in [3.8, 4) is 11.3 Å². The zero-order valence-corrected chi connectivity index (χ0v) is 18.7. The van der Waals surface area contributed by atoms with Crippen molar-refractivity contribution in [2.24, 2.45) is 0 Å². The first-order valence-electron chi connectivity index (χ1n) is 9.65. The molecule has 1 fully saturated rings. The van der Waals surface area contributed by atoms with Crippen LogP contribution in [0.1, 0.15) is 16.1 Å². The Labute approximate surface area is 201 Å². The fraction of sp³-hybridized carbons (Fsp3) is 0.0435. The van der Waals surface area contributed by atoms with Crippen LogP contribution in [0.4, 0.5) is 14.9 Å². The van der Waals surface area contributed by atoms with Crippen molar-refractivity contribution in [2.45, 2.75) is 0 Å². The van der Waals surface area contributed by atoms with Gasteiger partial charge in [-0.2, -0.15) is 0 Å². The summed E-state index contributed by atoms with van der Waals surface area (Å²) in [6.07, 6.45) is 1.36. The summed E-state index contributed by atoms with van der Waals surface area (Å²) < 4.78 is 18.7. The number of furan rings is 1. The molecule has 11 heteroatoms. The first-order chi connectivity index (χ1) is 16.2. The smallest absolute Gasteiger partial charge is 0.337 e. The quantitative estimate of drug-likeness (QED) is 0.451. The number of hydrogen-bond acceptors (Lipinski definition) is 6. The summed E-state index contributed by atoms with van der Waals surface area (Å²) in [6, 6.07) is 12.6. The second kappa shape index (κ2) is 9.54. The minimum atomic E-state index is -1.18. The number of carboxylic acids is 1. The summed E-state index contributed by atoms with van der Waals surface area (Å²) in [6.45, 7) is -0.508. The molecule has 0 unspecified atom stereocenters. The summed E-state index contributed by atoms with van der Waals surface area (Å²) in [5.74, 6) is -2.34. The number of thioether (sulfide) groups is 1. The molecule has 3 aromatic rings. The molecule has 2 N–H and O–H groups in total. The lowest BCUT2D eigenvalue weighted by Gasteiger charge is -2.12. The molecule has 2 aromatic carbocycles. The fourth-order valence-corrected chi connectivity index (χ4v) is 4.09. The normalized spacial score (nSPS) is 14.6. The highest BCUT2D eigenvalue weighted by atomic mass is 35.5. The van der Waals surface area contributed by atoms with Crippen LogP contribution in [0.5, 0.6) is 0 Å². The van der Waals surface area contributed by atoms with Crippen molar-refractivity contribution in [1.82, 2.24) is 4.90 Å². The van der Waals surface area contributed by atoms with Gasteiger partial charge in [0, 0.05) is 17.3 Å². The van der Waals surface area contributed by atoms with E-state index in [-0.39, 0.29) is 21.3 Å². The molecule has 8 nitrogen and oxygen atoms in total. The average molecular weight is 501 g/mol. The molecule has 3 amide bonds. The lowest BCUT2D eigenvalue weighted by atomic mass is 10.1. The van der Waals surface area contributed by atoms with Crippen LogP contribution >= 0.6 is 23.4 Å². The Bertz CT molecular complexity index is 1350. The summed E-state index contributed by atoms with van der Waals surface area (Å²) in [4.78, 5) is 49.3. The maximum absolute atomic E-state index is 13.0. The lowest BCUT2D eigenvalue weighted by molar-refractivity contribution is -0.127. The molecule has 0 atom stereocenters. The van der Waals surface area contributed by atoms with Gasteiger partial charge in [-0.25, -0.2) is 9.18 Å². The minimum absolute atomic E-state index is 0.0582. The first-order valence-corrected chi connectivity index (χ1v) is 10.8. The molecule has 0 spiro atoms. The number of halogens is 2. The van der Waals surface area contributed by atoms with Gasteiger partial charge in [0.2, 0.25) is 5.91 Å². The number of rotatable bonds is 6. The third kappa shape index (κ3) is 5.03. The number of carbonyl (C=O) groups excluding carboxylic acids is 3. The Morgan fingerprint density at radius 3 is 2.56 bits per heavy atom. The van der Waals surface area contributed by atoms with Crippen molar-refractivity contribution < 1.29 is 33.1 Å². The van der Waals surface area contributed by atoms with Crippen LogP contribution in [0.3, 0.4) is 0 Å². The maximum Gasteiger partial charge on any atom is 0.337 e. The van der Waals surface area contributed by atoms with Gasteiger partial charge >= 0.3 is 5.97 Å². The number of carbonyl (C=O) groups is 4. The Hall–Kier alpha value is -3.89. The Balaban J connectivity index is 1.47. The number of hydrogen-bond donors (Lipinski definition) is 2. The zero-order chi connectivity index (χ0) is 24.4. The molecule has 1 aromatic heterocycles. The summed E-state index contributed by atoms with van der Waals surface area (Å²) in [5, 5.41) is 11.2. The van der Waals surface area contributed by atoms with Gasteiger partial charge in [0.25, 0.3) is 11.1 Å². The van der Waals surface area contributed by atoms with Crippen LogP contribution in [0.15, 0.2) is 63.9 Å². The molecule has 1 aliphatic heterocycles. The molecule has 172 valence electrons. The number of amides is 3. The van der Waals surface area contributed by atoms with E-state index in [0.717, 1.165) is 4.90 Å². The highest BCUT2D eigenvalue weighted by Crippen LogP contribution is 2.34. The van der Waals surface area contributed by atoms with Gasteiger partial charge in [-0.05, 0) is 66.4 Å². The highest BCUT2D eigenvalue weighted by Gasteiger charge is 2.36. The molecule has 1 aliphatic rings. The number of carboxylic acid groups (broad SMARTS) is 1. The second-order valence-electron chi connectivity index (χ2n) is 7.02. The first kappa shape index (κ1) is 23.3. The van der Waals surface area contributed by atoms with E-state index in [2.05, 4.69) is 5.32 Å². The number of imide groups is 1. The molecule has 34 heavy (non-hydrogen) atoms. The zero-order valence-electron chi connectivity index (χ0n) is 17.1. The van der Waals surface area contributed by atoms with Crippen LogP contribution in [-0.2, 0) is 9.59 Å². The van der Waals surface area contributed by atoms with Crippen LogP contribution in [-0.4, -0.2) is 39.6 Å². The van der Waals surface area contributed by atoms with Crippen LogP contribution in [0.2, 0.25) is 5.02 Å². The number of aromatic carboxylic acids is 1. The van der Waals surface area contributed by atoms with Gasteiger partial charge < -0.3 is 14.8 Å². The summed E-state index contributed by atoms with van der Waals surface area (Å²) >= 11 is 6.54. The van der Waals surface area contributed by atoms with Crippen molar-refractivity contribution in [3.05, 3.63) is 81.7 Å². The number of nitrogens with zero attached hydrogens (tertiary/aromatic N) is 1. The number of benzene rings is 2. The molecule has 0 aliphatic carbocycles. The van der Waals surface area contributed by atoms with E-state index in [4.69, 9.17) is 16.0 Å². The maximum atomic E-state index is 13.0. The third-order valence-corrected chi connectivity index (χ3v) is 5.92. The average Bonchev–Trinajstić information content (AvgIpc) is 3.36. The van der Waals surface area contributed by atoms with Crippen molar-refractivity contribution in [3.63, 3.8) is 0 Å². The van der Waals surface area contributed by atoms with E-state index < -0.39 is 35.4 Å². The predicted octanol–water partition coefficient (Wildman–Crippen LogP) is 5.11. The largest absolute Gasteiger partial charge is 0.478 e. The molecule has 0 radical (unpaired) electrons. The summed E-state index contributed by atoms with van der Waals surface area (Å²) in [5.41, 5.74) is 0.703.